The lowest BCUT2D eigenvalue weighted by molar-refractivity contribution is -0.857. The van der Waals surface area contributed by atoms with Crippen LogP contribution in [-0.4, -0.2) is 55.8 Å². The Morgan fingerprint density at radius 2 is 1.81 bits per heavy atom. The first-order chi connectivity index (χ1) is 15.1. The number of quaternary nitrogens is 1. The largest absolute Gasteiger partial charge is 0.872 e. The lowest BCUT2D eigenvalue weighted by atomic mass is 9.94. The van der Waals surface area contributed by atoms with Crippen LogP contribution < -0.4 is 14.7 Å². The van der Waals surface area contributed by atoms with E-state index < -0.39 is 28.4 Å². The molecule has 2 aromatic carbocycles. The Labute approximate surface area is 185 Å². The van der Waals surface area contributed by atoms with E-state index in [9.17, 15) is 24.8 Å². The third-order valence-corrected chi connectivity index (χ3v) is 5.46. The van der Waals surface area contributed by atoms with Gasteiger partial charge in [0.15, 0.2) is 0 Å². The Hall–Kier alpha value is -3.72. The van der Waals surface area contributed by atoms with Gasteiger partial charge in [-0.15, -0.1) is 0 Å². The molecule has 168 valence electrons. The molecule has 0 bridgehead atoms. The van der Waals surface area contributed by atoms with Gasteiger partial charge in [-0.25, -0.2) is 0 Å². The van der Waals surface area contributed by atoms with Crippen molar-refractivity contribution in [1.29, 1.82) is 0 Å². The molecule has 3 rings (SSSR count). The van der Waals surface area contributed by atoms with Gasteiger partial charge in [0, 0.05) is 17.7 Å². The van der Waals surface area contributed by atoms with Crippen LogP contribution in [0.2, 0.25) is 0 Å². The SMILES string of the molecule is COc1ccc(C([O-])=C2C(=O)C(=O)N(CC[NH+](C)C)C2c2ccc([N+](=O)[O-])cc2)cc1C. The maximum Gasteiger partial charge on any atom is 0.295 e. The number of benzene rings is 2. The monoisotopic (exact) mass is 439 g/mol. The molecular formula is C23H25N3O6. The number of amides is 1. The van der Waals surface area contributed by atoms with E-state index in [1.807, 2.05) is 14.1 Å². The molecule has 0 spiro atoms. The normalized spacial score (nSPS) is 17.8. The number of nitro benzene ring substituents is 1. The number of aryl methyl sites for hydroxylation is 1. The van der Waals surface area contributed by atoms with Gasteiger partial charge in [-0.3, -0.25) is 19.7 Å². The molecule has 1 atom stereocenters. The number of nitrogens with one attached hydrogen (secondary N) is 1. The number of ketones is 1. The summed E-state index contributed by atoms with van der Waals surface area (Å²) in [4.78, 5) is 38.8. The summed E-state index contributed by atoms with van der Waals surface area (Å²) in [5.74, 6) is -1.54. The number of carbonyl (C=O) groups is 2. The topological polar surface area (TPSA) is 117 Å². The van der Waals surface area contributed by atoms with Crippen molar-refractivity contribution in [3.05, 3.63) is 74.8 Å². The lowest BCUT2D eigenvalue weighted by Crippen LogP contribution is -3.06. The van der Waals surface area contributed by atoms with Crippen molar-refractivity contribution >= 4 is 23.1 Å². The number of Topliss-reactive ketones (excluding diaryl/α,β-unsaturated/α-hetero) is 1. The number of nitrogens with zero attached hydrogens (tertiary/aromatic N) is 2. The van der Waals surface area contributed by atoms with Crippen molar-refractivity contribution in [2.24, 2.45) is 0 Å². The highest BCUT2D eigenvalue weighted by molar-refractivity contribution is 6.46. The first-order valence-corrected chi connectivity index (χ1v) is 10.1. The van der Waals surface area contributed by atoms with E-state index in [1.54, 1.807) is 25.1 Å². The van der Waals surface area contributed by atoms with Crippen LogP contribution in [0.1, 0.15) is 22.7 Å². The quantitative estimate of drug-likeness (QED) is 0.218. The van der Waals surface area contributed by atoms with E-state index >= 15 is 0 Å². The van der Waals surface area contributed by atoms with Crippen LogP contribution in [0.15, 0.2) is 48.0 Å². The van der Waals surface area contributed by atoms with Crippen molar-refractivity contribution in [3.63, 3.8) is 0 Å². The van der Waals surface area contributed by atoms with E-state index in [-0.39, 0.29) is 23.4 Å². The summed E-state index contributed by atoms with van der Waals surface area (Å²) in [6.07, 6.45) is 0. The highest BCUT2D eigenvalue weighted by atomic mass is 16.6. The minimum Gasteiger partial charge on any atom is -0.872 e. The summed E-state index contributed by atoms with van der Waals surface area (Å²) in [7, 11) is 5.35. The Morgan fingerprint density at radius 1 is 1.16 bits per heavy atom. The van der Waals surface area contributed by atoms with Crippen molar-refractivity contribution in [3.8, 4) is 5.75 Å². The number of ether oxygens (including phenoxy) is 1. The maximum atomic E-state index is 13.4. The van der Waals surface area contributed by atoms with Crippen LogP contribution in [0.4, 0.5) is 5.69 Å². The van der Waals surface area contributed by atoms with Gasteiger partial charge in [-0.05, 0) is 47.9 Å². The number of hydrogen-bond acceptors (Lipinski definition) is 6. The smallest absolute Gasteiger partial charge is 0.295 e. The molecule has 0 radical (unpaired) electrons. The molecule has 1 fully saturated rings. The number of non-ortho nitro benzene ring substituents is 1. The van der Waals surface area contributed by atoms with Crippen molar-refractivity contribution in [2.45, 2.75) is 13.0 Å². The Morgan fingerprint density at radius 3 is 2.34 bits per heavy atom. The molecular weight excluding hydrogens is 414 g/mol. The summed E-state index contributed by atoms with van der Waals surface area (Å²) < 4.78 is 5.23. The fourth-order valence-corrected chi connectivity index (χ4v) is 3.75. The molecule has 0 aromatic heterocycles. The minimum absolute atomic E-state index is 0.118. The lowest BCUT2D eigenvalue weighted by Gasteiger charge is -2.27. The number of rotatable bonds is 7. The molecule has 1 N–H and O–H groups in total. The molecule has 9 heteroatoms. The fraction of sp³-hybridized carbons (Fsp3) is 0.304. The van der Waals surface area contributed by atoms with Crippen LogP contribution in [-0.2, 0) is 9.59 Å². The molecule has 1 aliphatic rings. The zero-order valence-corrected chi connectivity index (χ0v) is 18.4. The maximum absolute atomic E-state index is 13.4. The van der Waals surface area contributed by atoms with Crippen LogP contribution in [0.3, 0.4) is 0 Å². The molecule has 0 saturated carbocycles. The first kappa shape index (κ1) is 23.0. The van der Waals surface area contributed by atoms with Crippen molar-refractivity contribution in [2.75, 3.05) is 34.3 Å². The van der Waals surface area contributed by atoms with Gasteiger partial charge in [-0.1, -0.05) is 11.8 Å². The second-order valence-electron chi connectivity index (χ2n) is 7.96. The van der Waals surface area contributed by atoms with Gasteiger partial charge >= 0.3 is 0 Å². The highest BCUT2D eigenvalue weighted by Gasteiger charge is 2.44. The van der Waals surface area contributed by atoms with Gasteiger partial charge in [0.2, 0.25) is 5.78 Å². The number of nitro groups is 1. The van der Waals surface area contributed by atoms with Crippen LogP contribution in [0.25, 0.3) is 5.76 Å². The van der Waals surface area contributed by atoms with Gasteiger partial charge in [0.1, 0.15) is 5.75 Å². The molecule has 1 heterocycles. The number of likely N-dealkylation sites (N-methyl/N-ethyl adjacent to an activating group) is 1. The molecule has 1 saturated heterocycles. The Balaban J connectivity index is 2.15. The predicted molar refractivity (Wildman–Crippen MR) is 115 cm³/mol. The summed E-state index contributed by atoms with van der Waals surface area (Å²) in [6, 6.07) is 9.47. The summed E-state index contributed by atoms with van der Waals surface area (Å²) in [6.45, 7) is 2.60. The second-order valence-corrected chi connectivity index (χ2v) is 7.96. The van der Waals surface area contributed by atoms with E-state index in [1.165, 1.54) is 36.3 Å². The van der Waals surface area contributed by atoms with E-state index in [4.69, 9.17) is 4.74 Å². The predicted octanol–water partition coefficient (Wildman–Crippen LogP) is 0.280. The van der Waals surface area contributed by atoms with Crippen LogP contribution >= 0.6 is 0 Å². The first-order valence-electron chi connectivity index (χ1n) is 10.1. The van der Waals surface area contributed by atoms with Crippen LogP contribution in [0, 0.1) is 17.0 Å². The van der Waals surface area contributed by atoms with Gasteiger partial charge in [0.05, 0.1) is 45.3 Å². The van der Waals surface area contributed by atoms with Crippen molar-refractivity contribution < 1.29 is 29.3 Å². The number of likely N-dealkylation sites (tertiary alicyclic amines) is 1. The molecule has 2 aromatic rings. The van der Waals surface area contributed by atoms with E-state index in [2.05, 4.69) is 0 Å². The molecule has 1 amide bonds. The fourth-order valence-electron chi connectivity index (χ4n) is 3.75. The van der Waals surface area contributed by atoms with Crippen molar-refractivity contribution in [1.82, 2.24) is 4.90 Å². The summed E-state index contributed by atoms with van der Waals surface area (Å²) in [5, 5.41) is 24.4. The Kier molecular flexibility index (Phi) is 6.59. The molecule has 1 aliphatic heterocycles. The van der Waals surface area contributed by atoms with E-state index in [0.29, 0.717) is 17.9 Å². The summed E-state index contributed by atoms with van der Waals surface area (Å²) in [5.41, 5.74) is 1.19. The third kappa shape index (κ3) is 4.33. The van der Waals surface area contributed by atoms with Gasteiger partial charge < -0.3 is 19.6 Å². The van der Waals surface area contributed by atoms with Gasteiger partial charge in [0.25, 0.3) is 11.6 Å². The van der Waals surface area contributed by atoms with Gasteiger partial charge in [-0.2, -0.15) is 0 Å². The standard InChI is InChI=1S/C23H25N3O6/c1-14-13-16(7-10-18(14)32-4)21(27)19-20(15-5-8-17(9-6-15)26(30)31)25(12-11-24(2)3)23(29)22(19)28/h5-10,13,20,27H,11-12H2,1-4H3. The Bertz CT molecular complexity index is 1090. The number of carbonyl (C=O) groups excluding carboxylic acids is 2. The second kappa shape index (κ2) is 9.19. The van der Waals surface area contributed by atoms with Crippen LogP contribution in [0.5, 0.6) is 5.75 Å². The van der Waals surface area contributed by atoms with E-state index in [0.717, 1.165) is 10.5 Å². The minimum atomic E-state index is -0.912. The average Bonchev–Trinajstić information content (AvgIpc) is 3.01. The number of methoxy groups -OCH3 is 1. The zero-order valence-electron chi connectivity index (χ0n) is 18.4. The molecule has 9 nitrogen and oxygen atoms in total. The average molecular weight is 439 g/mol. The summed E-state index contributed by atoms with van der Waals surface area (Å²) >= 11 is 0. The highest BCUT2D eigenvalue weighted by Crippen LogP contribution is 2.39. The number of hydrogen-bond donors (Lipinski definition) is 1. The third-order valence-electron chi connectivity index (χ3n) is 5.46. The molecule has 1 unspecified atom stereocenters. The molecule has 0 aliphatic carbocycles. The molecule has 32 heavy (non-hydrogen) atoms. The zero-order chi connectivity index (χ0) is 23.6.